The van der Waals surface area contributed by atoms with Crippen LogP contribution in [0.1, 0.15) is 37.0 Å². The number of nitrogens with zero attached hydrogens (tertiary/aromatic N) is 2. The van der Waals surface area contributed by atoms with Gasteiger partial charge in [-0.3, -0.25) is 9.59 Å². The van der Waals surface area contributed by atoms with E-state index < -0.39 is 0 Å². The van der Waals surface area contributed by atoms with Crippen LogP contribution in [-0.4, -0.2) is 58.3 Å². The number of fused-ring (bicyclic) bond motifs is 1. The molecule has 5 heteroatoms. The van der Waals surface area contributed by atoms with Crippen LogP contribution in [0.15, 0.2) is 42.5 Å². The summed E-state index contributed by atoms with van der Waals surface area (Å²) in [6, 6.07) is 13.9. The molecule has 148 valence electrons. The molecule has 0 aliphatic carbocycles. The van der Waals surface area contributed by atoms with Crippen LogP contribution in [0.3, 0.4) is 0 Å². The van der Waals surface area contributed by atoms with Gasteiger partial charge in [0.2, 0.25) is 5.91 Å². The molecule has 4 nitrogen and oxygen atoms in total. The Labute approximate surface area is 171 Å². The molecule has 0 bridgehead atoms. The number of carbonyl (C=O) groups excluding carboxylic acids is 2. The van der Waals surface area contributed by atoms with Crippen LogP contribution in [0, 0.1) is 5.92 Å². The van der Waals surface area contributed by atoms with Crippen molar-refractivity contribution < 1.29 is 9.59 Å². The van der Waals surface area contributed by atoms with Gasteiger partial charge in [0.25, 0.3) is 5.91 Å². The number of hydrogen-bond donors (Lipinski definition) is 0. The molecule has 2 aliphatic heterocycles. The summed E-state index contributed by atoms with van der Waals surface area (Å²) in [5, 5.41) is 2.09. The van der Waals surface area contributed by atoms with E-state index in [0.29, 0.717) is 13.1 Å². The maximum atomic E-state index is 13.1. The highest BCUT2D eigenvalue weighted by molar-refractivity contribution is 7.99. The Morgan fingerprint density at radius 3 is 2.46 bits per heavy atom. The van der Waals surface area contributed by atoms with Gasteiger partial charge in [0.1, 0.15) is 0 Å². The van der Waals surface area contributed by atoms with Crippen LogP contribution < -0.4 is 0 Å². The van der Waals surface area contributed by atoms with E-state index in [2.05, 4.69) is 18.7 Å². The second-order valence-corrected chi connectivity index (χ2v) is 9.55. The lowest BCUT2D eigenvalue weighted by molar-refractivity contribution is -0.141. The fraction of sp³-hybridized carbons (Fsp3) is 0.478. The minimum Gasteiger partial charge on any atom is -0.339 e. The number of carbonyl (C=O) groups is 2. The van der Waals surface area contributed by atoms with Gasteiger partial charge in [0.05, 0.1) is 0 Å². The molecule has 0 unspecified atom stereocenters. The average molecular weight is 397 g/mol. The Hall–Kier alpha value is -2.01. The molecule has 0 aromatic heterocycles. The maximum Gasteiger partial charge on any atom is 0.254 e. The predicted octanol–water partition coefficient (Wildman–Crippen LogP) is 4.05. The molecule has 2 aliphatic rings. The molecule has 2 fully saturated rings. The lowest BCUT2D eigenvalue weighted by Crippen LogP contribution is -2.56. The quantitative estimate of drug-likeness (QED) is 0.769. The first-order valence-electron chi connectivity index (χ1n) is 10.1. The van der Waals surface area contributed by atoms with Gasteiger partial charge in [0, 0.05) is 48.2 Å². The van der Waals surface area contributed by atoms with Gasteiger partial charge in [-0.1, -0.05) is 36.4 Å². The van der Waals surface area contributed by atoms with Gasteiger partial charge in [-0.05, 0) is 43.5 Å². The highest BCUT2D eigenvalue weighted by atomic mass is 32.2. The SMILES string of the molecule is CC1(C)CSCCN1C(=O)C1CCN(C(=O)c2cccc3ccccc23)CC1. The van der Waals surface area contributed by atoms with Gasteiger partial charge in [-0.2, -0.15) is 11.8 Å². The molecule has 0 saturated carbocycles. The van der Waals surface area contributed by atoms with Crippen molar-refractivity contribution in [3.8, 4) is 0 Å². The van der Waals surface area contributed by atoms with E-state index in [1.807, 2.05) is 59.1 Å². The predicted molar refractivity (Wildman–Crippen MR) is 116 cm³/mol. The first kappa shape index (κ1) is 19.3. The number of piperidine rings is 1. The van der Waals surface area contributed by atoms with E-state index in [9.17, 15) is 9.59 Å². The number of benzene rings is 2. The van der Waals surface area contributed by atoms with E-state index >= 15 is 0 Å². The van der Waals surface area contributed by atoms with Crippen LogP contribution in [0.5, 0.6) is 0 Å². The molecule has 0 N–H and O–H groups in total. The number of amides is 2. The lowest BCUT2D eigenvalue weighted by atomic mass is 9.92. The normalized spacial score (nSPS) is 20.4. The zero-order valence-electron chi connectivity index (χ0n) is 16.7. The largest absolute Gasteiger partial charge is 0.339 e. The standard InChI is InChI=1S/C23H28N2O2S/c1-23(2)16-28-15-14-25(23)21(26)18-10-12-24(13-11-18)22(27)20-9-5-7-17-6-3-4-8-19(17)20/h3-9,18H,10-16H2,1-2H3. The first-order valence-corrected chi connectivity index (χ1v) is 11.3. The highest BCUT2D eigenvalue weighted by Crippen LogP contribution is 2.30. The van der Waals surface area contributed by atoms with Crippen LogP contribution in [0.25, 0.3) is 10.8 Å². The summed E-state index contributed by atoms with van der Waals surface area (Å²) < 4.78 is 0. The highest BCUT2D eigenvalue weighted by Gasteiger charge is 2.38. The third-order valence-corrected chi connectivity index (χ3v) is 7.44. The van der Waals surface area contributed by atoms with Crippen molar-refractivity contribution in [3.63, 3.8) is 0 Å². The van der Waals surface area contributed by atoms with Crippen LogP contribution in [0.4, 0.5) is 0 Å². The minimum absolute atomic E-state index is 0.0407. The van der Waals surface area contributed by atoms with Crippen LogP contribution >= 0.6 is 11.8 Å². The zero-order valence-corrected chi connectivity index (χ0v) is 17.5. The van der Waals surface area contributed by atoms with Crippen molar-refractivity contribution in [2.24, 2.45) is 5.92 Å². The summed E-state index contributed by atoms with van der Waals surface area (Å²) in [4.78, 5) is 30.2. The smallest absolute Gasteiger partial charge is 0.254 e. The summed E-state index contributed by atoms with van der Waals surface area (Å²) in [5.41, 5.74) is 0.688. The molecule has 2 aromatic rings. The monoisotopic (exact) mass is 396 g/mol. The fourth-order valence-electron chi connectivity index (χ4n) is 4.40. The van der Waals surface area contributed by atoms with Gasteiger partial charge in [0.15, 0.2) is 0 Å². The molecule has 2 aromatic carbocycles. The van der Waals surface area contributed by atoms with Crippen molar-refractivity contribution >= 4 is 34.3 Å². The maximum absolute atomic E-state index is 13.1. The third-order valence-electron chi connectivity index (χ3n) is 6.06. The van der Waals surface area contributed by atoms with Gasteiger partial charge in [-0.15, -0.1) is 0 Å². The summed E-state index contributed by atoms with van der Waals surface area (Å²) in [6.07, 6.45) is 1.52. The number of thioether (sulfide) groups is 1. The molecule has 0 radical (unpaired) electrons. The molecule has 28 heavy (non-hydrogen) atoms. The van der Waals surface area contributed by atoms with Crippen molar-refractivity contribution in [2.45, 2.75) is 32.2 Å². The molecule has 2 amide bonds. The third kappa shape index (κ3) is 3.64. The molecule has 0 atom stereocenters. The summed E-state index contributed by atoms with van der Waals surface area (Å²) in [7, 11) is 0. The van der Waals surface area contributed by atoms with Crippen molar-refractivity contribution in [3.05, 3.63) is 48.0 Å². The van der Waals surface area contributed by atoms with Gasteiger partial charge < -0.3 is 9.80 Å². The Balaban J connectivity index is 1.44. The molecule has 0 spiro atoms. The molecular weight excluding hydrogens is 368 g/mol. The fourth-order valence-corrected chi connectivity index (χ4v) is 5.51. The number of rotatable bonds is 2. The van der Waals surface area contributed by atoms with Crippen molar-refractivity contribution in [2.75, 3.05) is 31.1 Å². The van der Waals surface area contributed by atoms with Gasteiger partial charge >= 0.3 is 0 Å². The molecule has 2 saturated heterocycles. The Morgan fingerprint density at radius 1 is 1.00 bits per heavy atom. The number of likely N-dealkylation sites (tertiary alicyclic amines) is 1. The molecule has 4 rings (SSSR count). The average Bonchev–Trinajstić information content (AvgIpc) is 2.72. The van der Waals surface area contributed by atoms with Crippen LogP contribution in [0.2, 0.25) is 0 Å². The zero-order chi connectivity index (χ0) is 19.7. The van der Waals surface area contributed by atoms with Crippen molar-refractivity contribution in [1.29, 1.82) is 0 Å². The summed E-state index contributed by atoms with van der Waals surface area (Å²) in [6.45, 7) is 6.47. The molecular formula is C23H28N2O2S. The Kier molecular flexibility index (Phi) is 5.37. The topological polar surface area (TPSA) is 40.6 Å². The molecule has 2 heterocycles. The van der Waals surface area contributed by atoms with Crippen LogP contribution in [-0.2, 0) is 4.79 Å². The minimum atomic E-state index is -0.0735. The summed E-state index contributed by atoms with van der Waals surface area (Å²) in [5.74, 6) is 2.42. The first-order chi connectivity index (χ1) is 13.5. The van der Waals surface area contributed by atoms with E-state index in [1.165, 1.54) is 0 Å². The summed E-state index contributed by atoms with van der Waals surface area (Å²) >= 11 is 1.93. The second-order valence-electron chi connectivity index (χ2n) is 8.45. The van der Waals surface area contributed by atoms with E-state index in [4.69, 9.17) is 0 Å². The van der Waals surface area contributed by atoms with Gasteiger partial charge in [-0.25, -0.2) is 0 Å². The lowest BCUT2D eigenvalue weighted by Gasteiger charge is -2.44. The van der Waals surface area contributed by atoms with E-state index in [1.54, 1.807) is 0 Å². The second kappa shape index (κ2) is 7.78. The van der Waals surface area contributed by atoms with Crippen molar-refractivity contribution in [1.82, 2.24) is 9.80 Å². The number of hydrogen-bond acceptors (Lipinski definition) is 3. The Bertz CT molecular complexity index is 882. The van der Waals surface area contributed by atoms with E-state index in [0.717, 1.165) is 47.2 Å². The Morgan fingerprint density at radius 2 is 1.71 bits per heavy atom. The van der Waals surface area contributed by atoms with E-state index in [-0.39, 0.29) is 23.3 Å².